The van der Waals surface area contributed by atoms with Crippen molar-refractivity contribution in [1.82, 2.24) is 8.87 Å². The molecule has 29 heavy (non-hydrogen) atoms. The Morgan fingerprint density at radius 2 is 1.45 bits per heavy atom. The van der Waals surface area contributed by atoms with Crippen molar-refractivity contribution in [3.05, 3.63) is 77.3 Å². The van der Waals surface area contributed by atoms with Crippen molar-refractivity contribution in [2.75, 3.05) is 13.6 Å². The van der Waals surface area contributed by atoms with Crippen LogP contribution in [0.3, 0.4) is 0 Å². The zero-order valence-electron chi connectivity index (χ0n) is 15.9. The Morgan fingerprint density at radius 1 is 0.931 bits per heavy atom. The highest BCUT2D eigenvalue weighted by molar-refractivity contribution is 9.10. The summed E-state index contributed by atoms with van der Waals surface area (Å²) >= 11 is 3.31. The van der Waals surface area contributed by atoms with Crippen LogP contribution in [0.4, 0.5) is 0 Å². The fourth-order valence-corrected chi connectivity index (χ4v) is 5.12. The molecular formula is C22H21BrN2O3S. The summed E-state index contributed by atoms with van der Waals surface area (Å²) in [6, 6.07) is 22.6. The number of rotatable bonds is 6. The van der Waals surface area contributed by atoms with Crippen LogP contribution in [-0.2, 0) is 16.6 Å². The molecule has 0 aliphatic carbocycles. The number of aliphatic hydroxyl groups is 1. The smallest absolute Gasteiger partial charge is 0.242 e. The number of sulfonamides is 1. The maximum absolute atomic E-state index is 12.8. The molecule has 1 aromatic heterocycles. The van der Waals surface area contributed by atoms with Crippen molar-refractivity contribution in [3.8, 4) is 0 Å². The van der Waals surface area contributed by atoms with Gasteiger partial charge in [-0.2, -0.15) is 4.31 Å². The van der Waals surface area contributed by atoms with Gasteiger partial charge in [0, 0.05) is 39.9 Å². The molecule has 0 saturated carbocycles. The first-order chi connectivity index (χ1) is 13.9. The van der Waals surface area contributed by atoms with Crippen molar-refractivity contribution in [3.63, 3.8) is 0 Å². The normalized spacial score (nSPS) is 13.4. The summed E-state index contributed by atoms with van der Waals surface area (Å²) in [6.45, 7) is 0.299. The van der Waals surface area contributed by atoms with Gasteiger partial charge in [-0.3, -0.25) is 0 Å². The number of hydrogen-bond donors (Lipinski definition) is 1. The molecule has 1 atom stereocenters. The fourth-order valence-electron chi connectivity index (χ4n) is 3.65. The van der Waals surface area contributed by atoms with Crippen molar-refractivity contribution in [2.45, 2.75) is 17.5 Å². The van der Waals surface area contributed by atoms with E-state index in [1.54, 1.807) is 24.3 Å². The summed E-state index contributed by atoms with van der Waals surface area (Å²) in [5, 5.41) is 13.0. The van der Waals surface area contributed by atoms with Gasteiger partial charge in [0.1, 0.15) is 0 Å². The van der Waals surface area contributed by atoms with Crippen molar-refractivity contribution in [1.29, 1.82) is 0 Å². The van der Waals surface area contributed by atoms with Crippen molar-refractivity contribution < 1.29 is 13.5 Å². The topological polar surface area (TPSA) is 62.5 Å². The van der Waals surface area contributed by atoms with E-state index in [-0.39, 0.29) is 11.4 Å². The third kappa shape index (κ3) is 3.83. The van der Waals surface area contributed by atoms with E-state index in [9.17, 15) is 13.5 Å². The Kier molecular flexibility index (Phi) is 5.48. The molecule has 3 aromatic carbocycles. The van der Waals surface area contributed by atoms with Gasteiger partial charge in [0.25, 0.3) is 0 Å². The van der Waals surface area contributed by atoms with E-state index >= 15 is 0 Å². The summed E-state index contributed by atoms with van der Waals surface area (Å²) < 4.78 is 29.7. The van der Waals surface area contributed by atoms with E-state index in [2.05, 4.69) is 32.6 Å². The van der Waals surface area contributed by atoms with Crippen LogP contribution in [0.5, 0.6) is 0 Å². The molecule has 0 aliphatic heterocycles. The van der Waals surface area contributed by atoms with E-state index in [0.717, 1.165) is 26.3 Å². The minimum Gasteiger partial charge on any atom is -0.390 e. The van der Waals surface area contributed by atoms with Crippen LogP contribution in [0.2, 0.25) is 0 Å². The number of nitrogens with zero attached hydrogens (tertiary/aromatic N) is 2. The van der Waals surface area contributed by atoms with Gasteiger partial charge >= 0.3 is 0 Å². The highest BCUT2D eigenvalue weighted by Gasteiger charge is 2.24. The van der Waals surface area contributed by atoms with Gasteiger partial charge in [-0.1, -0.05) is 52.3 Å². The lowest BCUT2D eigenvalue weighted by Crippen LogP contribution is -2.36. The number of para-hydroxylation sites is 2. The largest absolute Gasteiger partial charge is 0.390 e. The predicted molar refractivity (Wildman–Crippen MR) is 119 cm³/mol. The molecule has 0 amide bonds. The fraction of sp³-hybridized carbons (Fsp3) is 0.182. The number of fused-ring (bicyclic) bond motifs is 3. The maximum Gasteiger partial charge on any atom is 0.242 e. The Hall–Kier alpha value is -2.19. The average Bonchev–Trinajstić information content (AvgIpc) is 3.02. The minimum atomic E-state index is -3.67. The average molecular weight is 473 g/mol. The molecule has 0 bridgehead atoms. The quantitative estimate of drug-likeness (QED) is 0.456. The lowest BCUT2D eigenvalue weighted by Gasteiger charge is -2.21. The van der Waals surface area contributed by atoms with Crippen LogP contribution in [0.25, 0.3) is 21.8 Å². The molecule has 1 N–H and O–H groups in total. The zero-order valence-corrected chi connectivity index (χ0v) is 18.3. The van der Waals surface area contributed by atoms with Gasteiger partial charge in [-0.05, 0) is 36.4 Å². The Morgan fingerprint density at radius 3 is 2.00 bits per heavy atom. The second-order valence-corrected chi connectivity index (χ2v) is 10.00. The van der Waals surface area contributed by atoms with E-state index in [1.165, 1.54) is 11.4 Å². The molecule has 150 valence electrons. The number of benzene rings is 3. The van der Waals surface area contributed by atoms with E-state index in [4.69, 9.17) is 0 Å². The van der Waals surface area contributed by atoms with Gasteiger partial charge < -0.3 is 9.67 Å². The van der Waals surface area contributed by atoms with Gasteiger partial charge in [-0.15, -0.1) is 0 Å². The van der Waals surface area contributed by atoms with E-state index in [0.29, 0.717) is 6.54 Å². The number of halogens is 1. The van der Waals surface area contributed by atoms with Crippen LogP contribution < -0.4 is 0 Å². The summed E-state index contributed by atoms with van der Waals surface area (Å²) in [5.41, 5.74) is 2.04. The standard InChI is InChI=1S/C22H21BrN2O3S/c1-24(29(27,28)18-12-10-16(23)11-13-18)14-17(26)15-25-21-8-4-2-6-19(21)20-7-3-5-9-22(20)25/h2-13,17,26H,14-15H2,1H3/t17-/m1/s1. The molecule has 4 rings (SSSR count). The van der Waals surface area contributed by atoms with Crippen molar-refractivity contribution in [2.24, 2.45) is 0 Å². The lowest BCUT2D eigenvalue weighted by atomic mass is 10.2. The van der Waals surface area contributed by atoms with Gasteiger partial charge in [0.2, 0.25) is 10.0 Å². The number of hydrogen-bond acceptors (Lipinski definition) is 3. The van der Waals surface area contributed by atoms with Crippen LogP contribution in [-0.4, -0.2) is 42.1 Å². The van der Waals surface area contributed by atoms with Crippen LogP contribution in [0, 0.1) is 0 Å². The summed E-state index contributed by atoms with van der Waals surface area (Å²) in [4.78, 5) is 0.201. The van der Waals surface area contributed by atoms with Crippen molar-refractivity contribution >= 4 is 47.8 Å². The van der Waals surface area contributed by atoms with Gasteiger partial charge in [0.05, 0.1) is 17.5 Å². The van der Waals surface area contributed by atoms with Crippen LogP contribution >= 0.6 is 15.9 Å². The third-order valence-corrected chi connectivity index (χ3v) is 7.43. The molecule has 4 aromatic rings. The van der Waals surface area contributed by atoms with Gasteiger partial charge in [0.15, 0.2) is 0 Å². The summed E-state index contributed by atoms with van der Waals surface area (Å²) in [7, 11) is -2.18. The first-order valence-corrected chi connectivity index (χ1v) is 11.5. The SMILES string of the molecule is CN(C[C@@H](O)Cn1c2ccccc2c2ccccc21)S(=O)(=O)c1ccc(Br)cc1. The molecule has 0 radical (unpaired) electrons. The second-order valence-electron chi connectivity index (χ2n) is 7.04. The first-order valence-electron chi connectivity index (χ1n) is 9.24. The predicted octanol–water partition coefficient (Wildman–Crippen LogP) is 4.24. The minimum absolute atomic E-state index is 0.000763. The zero-order chi connectivity index (χ0) is 20.6. The molecule has 1 heterocycles. The molecule has 5 nitrogen and oxygen atoms in total. The Labute approximate surface area is 178 Å². The monoisotopic (exact) mass is 472 g/mol. The molecule has 7 heteroatoms. The Balaban J connectivity index is 1.60. The molecule has 0 aliphatic rings. The number of likely N-dealkylation sites (N-methyl/N-ethyl adjacent to an activating group) is 1. The van der Waals surface area contributed by atoms with E-state index < -0.39 is 16.1 Å². The van der Waals surface area contributed by atoms with Crippen LogP contribution in [0.15, 0.2) is 82.2 Å². The second kappa shape index (κ2) is 7.91. The summed E-state index contributed by atoms with van der Waals surface area (Å²) in [5.74, 6) is 0. The third-order valence-electron chi connectivity index (χ3n) is 5.06. The highest BCUT2D eigenvalue weighted by Crippen LogP contribution is 2.29. The lowest BCUT2D eigenvalue weighted by molar-refractivity contribution is 0.136. The molecule has 0 fully saturated rings. The first kappa shape index (κ1) is 20.1. The summed E-state index contributed by atoms with van der Waals surface area (Å²) in [6.07, 6.45) is -0.857. The molecular weight excluding hydrogens is 452 g/mol. The van der Waals surface area contributed by atoms with Crippen LogP contribution in [0.1, 0.15) is 0 Å². The number of aromatic nitrogens is 1. The Bertz CT molecular complexity index is 1210. The van der Waals surface area contributed by atoms with E-state index in [1.807, 2.05) is 36.4 Å². The maximum atomic E-state index is 12.8. The van der Waals surface area contributed by atoms with Gasteiger partial charge in [-0.25, -0.2) is 8.42 Å². The molecule has 0 saturated heterocycles. The highest BCUT2D eigenvalue weighted by atomic mass is 79.9. The molecule has 0 unspecified atom stereocenters. The molecule has 0 spiro atoms. The number of aliphatic hydroxyl groups excluding tert-OH is 1.